The number of aromatic nitrogens is 1. The van der Waals surface area contributed by atoms with Gasteiger partial charge in [0, 0.05) is 6.54 Å². The Morgan fingerprint density at radius 3 is 2.23 bits per heavy atom. The average Bonchev–Trinajstić information content (AvgIpc) is 2.37. The molecule has 0 saturated carbocycles. The minimum atomic E-state index is -5.25. The van der Waals surface area contributed by atoms with Crippen LogP contribution in [0.3, 0.4) is 0 Å². The topological polar surface area (TPSA) is 74.4 Å². The van der Waals surface area contributed by atoms with Gasteiger partial charge < -0.3 is 15.2 Å². The van der Waals surface area contributed by atoms with Gasteiger partial charge in [0.1, 0.15) is 0 Å². The number of pyridine rings is 1. The summed E-state index contributed by atoms with van der Waals surface area (Å²) in [6.07, 6.45) is -11.0. The molecule has 0 aliphatic rings. The molecule has 0 aliphatic carbocycles. The molecule has 0 spiro atoms. The number of hydrogen-bond acceptors (Lipinski definition) is 5. The Morgan fingerprint density at radius 2 is 1.82 bits per heavy atom. The summed E-state index contributed by atoms with van der Waals surface area (Å²) in [5.41, 5.74) is 2.28. The average molecular weight is 332 g/mol. The lowest BCUT2D eigenvalue weighted by Crippen LogP contribution is -2.22. The van der Waals surface area contributed by atoms with Crippen LogP contribution in [0.25, 0.3) is 0 Å². The molecule has 1 heterocycles. The van der Waals surface area contributed by atoms with Gasteiger partial charge in [0.05, 0.1) is 30.5 Å². The third kappa shape index (κ3) is 4.76. The van der Waals surface area contributed by atoms with E-state index in [9.17, 15) is 31.1 Å². The maximum atomic E-state index is 12.8. The van der Waals surface area contributed by atoms with Crippen molar-refractivity contribution in [3.05, 3.63) is 23.0 Å². The fourth-order valence-corrected chi connectivity index (χ4v) is 1.53. The second-order valence-corrected chi connectivity index (χ2v) is 3.93. The van der Waals surface area contributed by atoms with Crippen molar-refractivity contribution < 1.29 is 40.6 Å². The number of hydrogen-bond donors (Lipinski definition) is 1. The number of ether oxygens (including phenoxy) is 2. The quantitative estimate of drug-likeness (QED) is 0.676. The Kier molecular flexibility index (Phi) is 5.22. The Balaban J connectivity index is 3.43. The van der Waals surface area contributed by atoms with Crippen LogP contribution < -0.4 is 10.5 Å². The van der Waals surface area contributed by atoms with Gasteiger partial charge in [-0.15, -0.1) is 13.2 Å². The molecule has 2 N–H and O–H groups in total. The van der Waals surface area contributed by atoms with E-state index in [0.717, 1.165) is 7.11 Å². The van der Waals surface area contributed by atoms with E-state index < -0.39 is 54.2 Å². The highest BCUT2D eigenvalue weighted by atomic mass is 19.4. The van der Waals surface area contributed by atoms with Crippen molar-refractivity contribution in [2.45, 2.75) is 25.5 Å². The summed E-state index contributed by atoms with van der Waals surface area (Å²) in [5.74, 6) is -2.23. The summed E-state index contributed by atoms with van der Waals surface area (Å²) in [4.78, 5) is 14.5. The van der Waals surface area contributed by atoms with Gasteiger partial charge in [0.15, 0.2) is 5.75 Å². The predicted molar refractivity (Wildman–Crippen MR) is 59.5 cm³/mol. The van der Waals surface area contributed by atoms with Crippen molar-refractivity contribution in [1.29, 1.82) is 0 Å². The zero-order chi connectivity index (χ0) is 17.1. The molecule has 22 heavy (non-hydrogen) atoms. The highest BCUT2D eigenvalue weighted by Gasteiger charge is 2.38. The molecule has 0 aliphatic heterocycles. The molecule has 0 unspecified atom stereocenters. The van der Waals surface area contributed by atoms with Gasteiger partial charge in [-0.3, -0.25) is 9.78 Å². The monoisotopic (exact) mass is 332 g/mol. The third-order valence-corrected chi connectivity index (χ3v) is 2.40. The molecule has 0 fully saturated rings. The van der Waals surface area contributed by atoms with E-state index in [-0.39, 0.29) is 6.07 Å². The first-order valence-electron chi connectivity index (χ1n) is 5.60. The van der Waals surface area contributed by atoms with Gasteiger partial charge in [0.25, 0.3) is 0 Å². The lowest BCUT2D eigenvalue weighted by atomic mass is 10.1. The first-order chi connectivity index (χ1) is 9.97. The maximum Gasteiger partial charge on any atom is 0.573 e. The van der Waals surface area contributed by atoms with Crippen LogP contribution in [0.5, 0.6) is 5.75 Å². The number of nitrogens with zero attached hydrogens (tertiary/aromatic N) is 1. The molecule has 1 aromatic rings. The number of methoxy groups -OCH3 is 1. The number of rotatable bonds is 4. The van der Waals surface area contributed by atoms with Crippen LogP contribution in [-0.2, 0) is 28.7 Å². The number of esters is 1. The van der Waals surface area contributed by atoms with Crippen LogP contribution in [0.1, 0.15) is 17.0 Å². The number of alkyl halides is 6. The van der Waals surface area contributed by atoms with Gasteiger partial charge in [-0.1, -0.05) is 0 Å². The SMILES string of the molecule is COC(=O)Cc1nc(CN)c(C(F)(F)F)cc1OC(F)(F)F. The highest BCUT2D eigenvalue weighted by molar-refractivity contribution is 5.72. The summed E-state index contributed by atoms with van der Waals surface area (Å²) in [6, 6.07) is 0.112. The van der Waals surface area contributed by atoms with Crippen LogP contribution in [0, 0.1) is 0 Å². The molecular weight excluding hydrogens is 322 g/mol. The molecule has 1 aromatic heterocycles. The van der Waals surface area contributed by atoms with Crippen LogP contribution in [-0.4, -0.2) is 24.4 Å². The Morgan fingerprint density at radius 1 is 1.23 bits per heavy atom. The molecule has 0 saturated heterocycles. The molecule has 0 aromatic carbocycles. The van der Waals surface area contributed by atoms with Gasteiger partial charge in [0.2, 0.25) is 0 Å². The molecular formula is C11H10F6N2O3. The maximum absolute atomic E-state index is 12.8. The zero-order valence-electron chi connectivity index (χ0n) is 11.0. The summed E-state index contributed by atoms with van der Waals surface area (Å²) in [7, 11) is 0.959. The summed E-state index contributed by atoms with van der Waals surface area (Å²) in [5, 5.41) is 0. The standard InChI is InChI=1S/C11H10F6N2O3/c1-21-9(20)3-6-8(22-11(15,16)17)2-5(10(12,13)14)7(4-18)19-6/h2H,3-4,18H2,1H3. The number of carbonyl (C=O) groups is 1. The first-order valence-corrected chi connectivity index (χ1v) is 5.60. The fraction of sp³-hybridized carbons (Fsp3) is 0.455. The molecule has 0 radical (unpaired) electrons. The molecule has 5 nitrogen and oxygen atoms in total. The lowest BCUT2D eigenvalue weighted by molar-refractivity contribution is -0.275. The molecule has 124 valence electrons. The first kappa shape index (κ1) is 18.0. The Hall–Kier alpha value is -2.04. The summed E-state index contributed by atoms with van der Waals surface area (Å²) < 4.78 is 82.9. The molecule has 0 bridgehead atoms. The minimum absolute atomic E-state index is 0.112. The molecule has 0 amide bonds. The molecule has 1 rings (SSSR count). The van der Waals surface area contributed by atoms with Crippen LogP contribution in [0.2, 0.25) is 0 Å². The second-order valence-electron chi connectivity index (χ2n) is 3.93. The van der Waals surface area contributed by atoms with E-state index in [1.54, 1.807) is 0 Å². The Labute approximate surface area is 120 Å². The van der Waals surface area contributed by atoms with Crippen molar-refractivity contribution in [2.75, 3.05) is 7.11 Å². The van der Waals surface area contributed by atoms with Crippen molar-refractivity contribution in [2.24, 2.45) is 5.73 Å². The number of halogens is 6. The van der Waals surface area contributed by atoms with Gasteiger partial charge in [-0.05, 0) is 6.07 Å². The van der Waals surface area contributed by atoms with Gasteiger partial charge in [-0.2, -0.15) is 13.2 Å². The number of nitrogens with two attached hydrogens (primary N) is 1. The summed E-state index contributed by atoms with van der Waals surface area (Å²) >= 11 is 0. The van der Waals surface area contributed by atoms with Crippen LogP contribution >= 0.6 is 0 Å². The summed E-state index contributed by atoms with van der Waals surface area (Å²) in [6.45, 7) is -0.685. The fourth-order valence-electron chi connectivity index (χ4n) is 1.53. The van der Waals surface area contributed by atoms with E-state index in [1.807, 2.05) is 0 Å². The third-order valence-electron chi connectivity index (χ3n) is 2.40. The van der Waals surface area contributed by atoms with Crippen molar-refractivity contribution >= 4 is 5.97 Å². The zero-order valence-corrected chi connectivity index (χ0v) is 11.0. The van der Waals surface area contributed by atoms with Crippen molar-refractivity contribution in [3.8, 4) is 5.75 Å². The van der Waals surface area contributed by atoms with E-state index >= 15 is 0 Å². The minimum Gasteiger partial charge on any atom is -0.469 e. The normalized spacial score (nSPS) is 12.2. The van der Waals surface area contributed by atoms with Crippen LogP contribution in [0.4, 0.5) is 26.3 Å². The molecule has 11 heteroatoms. The molecule has 0 atom stereocenters. The van der Waals surface area contributed by atoms with Crippen molar-refractivity contribution in [1.82, 2.24) is 4.98 Å². The highest BCUT2D eigenvalue weighted by Crippen LogP contribution is 2.36. The van der Waals surface area contributed by atoms with E-state index in [0.29, 0.717) is 0 Å². The van der Waals surface area contributed by atoms with Gasteiger partial charge >= 0.3 is 18.5 Å². The lowest BCUT2D eigenvalue weighted by Gasteiger charge is -2.17. The van der Waals surface area contributed by atoms with E-state index in [1.165, 1.54) is 0 Å². The predicted octanol–water partition coefficient (Wildman–Crippen LogP) is 2.17. The largest absolute Gasteiger partial charge is 0.573 e. The smallest absolute Gasteiger partial charge is 0.469 e. The van der Waals surface area contributed by atoms with E-state index in [4.69, 9.17) is 5.73 Å². The number of carbonyl (C=O) groups excluding carboxylic acids is 1. The van der Waals surface area contributed by atoms with Gasteiger partial charge in [-0.25, -0.2) is 0 Å². The van der Waals surface area contributed by atoms with Crippen LogP contribution in [0.15, 0.2) is 6.07 Å². The second kappa shape index (κ2) is 6.38. The van der Waals surface area contributed by atoms with Crippen molar-refractivity contribution in [3.63, 3.8) is 0 Å². The Bertz CT molecular complexity index is 556. The van der Waals surface area contributed by atoms with E-state index in [2.05, 4.69) is 14.5 Å².